The maximum atomic E-state index is 5.66. The zero-order valence-corrected chi connectivity index (χ0v) is 15.4. The summed E-state index contributed by atoms with van der Waals surface area (Å²) in [5, 5.41) is 6.61. The lowest BCUT2D eigenvalue weighted by Gasteiger charge is -2.18. The topological polar surface area (TPSA) is 64.1 Å². The van der Waals surface area contributed by atoms with Crippen molar-refractivity contribution in [2.24, 2.45) is 4.99 Å². The van der Waals surface area contributed by atoms with Crippen LogP contribution in [-0.4, -0.2) is 59.1 Å². The van der Waals surface area contributed by atoms with Gasteiger partial charge in [-0.1, -0.05) is 30.3 Å². The van der Waals surface area contributed by atoms with Gasteiger partial charge in [-0.2, -0.15) is 0 Å². The van der Waals surface area contributed by atoms with Gasteiger partial charge in [0.05, 0.1) is 18.8 Å². The van der Waals surface area contributed by atoms with Crippen LogP contribution < -0.4 is 10.6 Å². The molecule has 2 N–H and O–H groups in total. The number of ether oxygens (including phenoxy) is 3. The molecule has 25 heavy (non-hydrogen) atoms. The van der Waals surface area contributed by atoms with Gasteiger partial charge in [-0.3, -0.25) is 4.99 Å². The van der Waals surface area contributed by atoms with Crippen LogP contribution in [-0.2, 0) is 14.2 Å². The van der Waals surface area contributed by atoms with Crippen molar-refractivity contribution in [1.82, 2.24) is 10.6 Å². The van der Waals surface area contributed by atoms with E-state index in [0.29, 0.717) is 19.3 Å². The van der Waals surface area contributed by atoms with Crippen LogP contribution in [0.15, 0.2) is 35.3 Å². The smallest absolute Gasteiger partial charge is 0.191 e. The molecular weight excluding hydrogens is 318 g/mol. The predicted molar refractivity (Wildman–Crippen MR) is 100.0 cm³/mol. The van der Waals surface area contributed by atoms with Gasteiger partial charge in [-0.15, -0.1) is 0 Å². The van der Waals surface area contributed by atoms with E-state index in [1.807, 2.05) is 18.2 Å². The Hall–Kier alpha value is -1.63. The minimum atomic E-state index is -0.00510. The van der Waals surface area contributed by atoms with Gasteiger partial charge in [0.2, 0.25) is 0 Å². The third kappa shape index (κ3) is 7.42. The second-order valence-corrected chi connectivity index (χ2v) is 6.08. The van der Waals surface area contributed by atoms with E-state index >= 15 is 0 Å². The first-order valence-electron chi connectivity index (χ1n) is 9.05. The molecule has 0 spiro atoms. The number of methoxy groups -OCH3 is 1. The number of hydrogen-bond acceptors (Lipinski definition) is 4. The van der Waals surface area contributed by atoms with E-state index in [-0.39, 0.29) is 6.10 Å². The molecule has 1 aliphatic heterocycles. The van der Waals surface area contributed by atoms with Crippen LogP contribution >= 0.6 is 0 Å². The number of aliphatic imine (C=N–C) groups is 1. The van der Waals surface area contributed by atoms with Crippen molar-refractivity contribution in [1.29, 1.82) is 0 Å². The summed E-state index contributed by atoms with van der Waals surface area (Å²) in [5.74, 6) is 0.775. The Kier molecular flexibility index (Phi) is 9.33. The van der Waals surface area contributed by atoms with Gasteiger partial charge in [-0.25, -0.2) is 0 Å². The number of nitrogens with one attached hydrogen (secondary N) is 2. The summed E-state index contributed by atoms with van der Waals surface area (Å²) in [6.45, 7) is 3.79. The molecule has 6 heteroatoms. The first-order valence-corrected chi connectivity index (χ1v) is 9.05. The Morgan fingerprint density at radius 1 is 1.32 bits per heavy atom. The summed E-state index contributed by atoms with van der Waals surface area (Å²) in [6, 6.07) is 10.2. The zero-order chi connectivity index (χ0) is 17.7. The number of rotatable bonds is 10. The molecule has 0 aromatic heterocycles. The Labute approximate surface area is 151 Å². The Balaban J connectivity index is 1.58. The van der Waals surface area contributed by atoms with Gasteiger partial charge in [0.25, 0.3) is 0 Å². The quantitative estimate of drug-likeness (QED) is 0.385. The summed E-state index contributed by atoms with van der Waals surface area (Å²) in [7, 11) is 3.49. The lowest BCUT2D eigenvalue weighted by Crippen LogP contribution is -2.40. The normalized spacial score (nSPS) is 19.0. The van der Waals surface area contributed by atoms with Gasteiger partial charge >= 0.3 is 0 Å². The van der Waals surface area contributed by atoms with Crippen LogP contribution in [0.25, 0.3) is 0 Å². The fourth-order valence-electron chi connectivity index (χ4n) is 2.79. The molecule has 1 aromatic carbocycles. The molecule has 0 saturated carbocycles. The van der Waals surface area contributed by atoms with Crippen molar-refractivity contribution < 1.29 is 14.2 Å². The third-order valence-corrected chi connectivity index (χ3v) is 4.22. The second-order valence-electron chi connectivity index (χ2n) is 6.08. The fourth-order valence-corrected chi connectivity index (χ4v) is 2.79. The van der Waals surface area contributed by atoms with E-state index in [0.717, 1.165) is 50.5 Å². The highest BCUT2D eigenvalue weighted by Gasteiger charge is 2.15. The highest BCUT2D eigenvalue weighted by molar-refractivity contribution is 5.79. The third-order valence-electron chi connectivity index (χ3n) is 4.22. The van der Waals surface area contributed by atoms with Gasteiger partial charge in [0, 0.05) is 40.5 Å². The average Bonchev–Trinajstić information content (AvgIpc) is 3.17. The molecule has 1 aliphatic rings. The van der Waals surface area contributed by atoms with Crippen LogP contribution in [0, 0.1) is 0 Å². The summed E-state index contributed by atoms with van der Waals surface area (Å²) >= 11 is 0. The monoisotopic (exact) mass is 349 g/mol. The standard InChI is InChI=1S/C19H31N3O3/c1-20-19(21-11-7-12-24-15-17-10-6-13-25-17)22-14-18(23-2)16-8-4-3-5-9-16/h3-5,8-9,17-18H,6-7,10-15H2,1-2H3,(H2,20,21,22). The van der Waals surface area contributed by atoms with Gasteiger partial charge in [0.1, 0.15) is 0 Å². The maximum Gasteiger partial charge on any atom is 0.191 e. The van der Waals surface area contributed by atoms with Crippen molar-refractivity contribution in [3.05, 3.63) is 35.9 Å². The lowest BCUT2D eigenvalue weighted by atomic mass is 10.1. The molecule has 0 bridgehead atoms. The van der Waals surface area contributed by atoms with Crippen LogP contribution in [0.2, 0.25) is 0 Å². The Morgan fingerprint density at radius 2 is 2.16 bits per heavy atom. The molecule has 140 valence electrons. The van der Waals surface area contributed by atoms with Crippen molar-refractivity contribution in [3.8, 4) is 0 Å². The molecule has 6 nitrogen and oxygen atoms in total. The molecule has 0 radical (unpaired) electrons. The number of guanidine groups is 1. The molecule has 2 rings (SSSR count). The summed E-state index contributed by atoms with van der Waals surface area (Å²) in [4.78, 5) is 4.25. The summed E-state index contributed by atoms with van der Waals surface area (Å²) in [6.07, 6.45) is 3.50. The summed E-state index contributed by atoms with van der Waals surface area (Å²) in [5.41, 5.74) is 1.15. The number of nitrogens with zero attached hydrogens (tertiary/aromatic N) is 1. The molecule has 2 atom stereocenters. The van der Waals surface area contributed by atoms with Crippen molar-refractivity contribution in [3.63, 3.8) is 0 Å². The SMILES string of the molecule is CN=C(NCCCOCC1CCCO1)NCC(OC)c1ccccc1. The number of benzene rings is 1. The van der Waals surface area contributed by atoms with E-state index in [2.05, 4.69) is 27.8 Å². The van der Waals surface area contributed by atoms with E-state index in [1.54, 1.807) is 14.2 Å². The van der Waals surface area contributed by atoms with Crippen molar-refractivity contribution in [2.75, 3.05) is 47.1 Å². The van der Waals surface area contributed by atoms with Gasteiger partial charge in [-0.05, 0) is 24.8 Å². The van der Waals surface area contributed by atoms with Crippen LogP contribution in [0.5, 0.6) is 0 Å². The molecule has 1 aromatic rings. The maximum absolute atomic E-state index is 5.66. The minimum Gasteiger partial charge on any atom is -0.379 e. The van der Waals surface area contributed by atoms with E-state index in [9.17, 15) is 0 Å². The second kappa shape index (κ2) is 11.8. The van der Waals surface area contributed by atoms with Gasteiger partial charge < -0.3 is 24.8 Å². The minimum absolute atomic E-state index is 0.00510. The molecule has 0 amide bonds. The van der Waals surface area contributed by atoms with Crippen molar-refractivity contribution in [2.45, 2.75) is 31.5 Å². The highest BCUT2D eigenvalue weighted by Crippen LogP contribution is 2.14. The molecule has 0 aliphatic carbocycles. The van der Waals surface area contributed by atoms with Crippen molar-refractivity contribution >= 4 is 5.96 Å². The van der Waals surface area contributed by atoms with E-state index in [1.165, 1.54) is 0 Å². The van der Waals surface area contributed by atoms with Crippen LogP contribution in [0.1, 0.15) is 30.9 Å². The lowest BCUT2D eigenvalue weighted by molar-refractivity contribution is 0.0168. The predicted octanol–water partition coefficient (Wildman–Crippen LogP) is 2.12. The first-order chi connectivity index (χ1) is 12.3. The molecular formula is C19H31N3O3. The van der Waals surface area contributed by atoms with Gasteiger partial charge in [0.15, 0.2) is 5.96 Å². The Morgan fingerprint density at radius 3 is 2.84 bits per heavy atom. The zero-order valence-electron chi connectivity index (χ0n) is 15.4. The average molecular weight is 349 g/mol. The molecule has 1 saturated heterocycles. The highest BCUT2D eigenvalue weighted by atomic mass is 16.5. The van der Waals surface area contributed by atoms with E-state index < -0.39 is 0 Å². The van der Waals surface area contributed by atoms with Crippen LogP contribution in [0.3, 0.4) is 0 Å². The van der Waals surface area contributed by atoms with E-state index in [4.69, 9.17) is 14.2 Å². The number of hydrogen-bond donors (Lipinski definition) is 2. The first kappa shape index (κ1) is 19.7. The fraction of sp³-hybridized carbons (Fsp3) is 0.632. The molecule has 1 heterocycles. The molecule has 2 unspecified atom stereocenters. The Bertz CT molecular complexity index is 490. The largest absolute Gasteiger partial charge is 0.379 e. The van der Waals surface area contributed by atoms with Crippen LogP contribution in [0.4, 0.5) is 0 Å². The summed E-state index contributed by atoms with van der Waals surface area (Å²) < 4.78 is 16.8. The molecule has 1 fully saturated rings.